The minimum Gasteiger partial charge on any atom is -0.496 e. The monoisotopic (exact) mass is 884 g/mol. The van der Waals surface area contributed by atoms with Crippen LogP contribution in [0.1, 0.15) is 74.6 Å². The van der Waals surface area contributed by atoms with Crippen LogP contribution in [-0.4, -0.2) is 152 Å². The topological polar surface area (TPSA) is 161 Å². The molecule has 10 atom stereocenters. The fourth-order valence-corrected chi connectivity index (χ4v) is 14.2. The highest BCUT2D eigenvalue weighted by atomic mass is 32.2. The number of carbonyl (C=O) groups excluding carboxylic acids is 3. The Hall–Kier alpha value is -3.92. The Morgan fingerprint density at radius 2 is 1.81 bits per heavy atom. The van der Waals surface area contributed by atoms with E-state index in [0.29, 0.717) is 81.6 Å². The molecule has 2 bridgehead atoms. The van der Waals surface area contributed by atoms with Crippen LogP contribution in [0.2, 0.25) is 0 Å². The number of piperidine rings is 1. The van der Waals surface area contributed by atoms with Gasteiger partial charge < -0.3 is 39.7 Å². The maximum atomic E-state index is 15.4. The lowest BCUT2D eigenvalue weighted by molar-refractivity contribution is -0.203. The number of hydrogen-bond donors (Lipinski definition) is 4. The van der Waals surface area contributed by atoms with Crippen molar-refractivity contribution in [2.45, 2.75) is 99.0 Å². The molecule has 5 aliphatic heterocycles. The van der Waals surface area contributed by atoms with Gasteiger partial charge in [-0.1, -0.05) is 50.3 Å². The third kappa shape index (κ3) is 6.31. The van der Waals surface area contributed by atoms with Crippen molar-refractivity contribution >= 4 is 40.9 Å². The highest BCUT2D eigenvalue weighted by Crippen LogP contribution is 2.68. The molecule has 340 valence electrons. The number of nitrogens with one attached hydrogen (secondary N) is 1. The summed E-state index contributed by atoms with van der Waals surface area (Å²) in [5.74, 6) is -0.861. The average Bonchev–Trinajstić information content (AvgIpc) is 3.95. The molecule has 2 aliphatic carbocycles. The van der Waals surface area contributed by atoms with E-state index < -0.39 is 64.0 Å². The molecule has 63 heavy (non-hydrogen) atoms. The summed E-state index contributed by atoms with van der Waals surface area (Å²) in [6.07, 6.45) is 8.11. The van der Waals surface area contributed by atoms with Crippen molar-refractivity contribution in [1.82, 2.24) is 15.1 Å². The predicted molar refractivity (Wildman–Crippen MR) is 242 cm³/mol. The van der Waals surface area contributed by atoms with Crippen LogP contribution in [0.3, 0.4) is 0 Å². The van der Waals surface area contributed by atoms with Gasteiger partial charge in [0.25, 0.3) is 5.91 Å². The number of ether oxygens (including phenoxy) is 3. The summed E-state index contributed by atoms with van der Waals surface area (Å²) in [6, 6.07) is 11.2. The number of esters is 2. The van der Waals surface area contributed by atoms with Crippen LogP contribution in [0.4, 0.5) is 5.69 Å². The minimum absolute atomic E-state index is 0.0749. The van der Waals surface area contributed by atoms with Gasteiger partial charge in [-0.3, -0.25) is 24.2 Å². The summed E-state index contributed by atoms with van der Waals surface area (Å²) >= 11 is 1.54. The zero-order chi connectivity index (χ0) is 44.7. The van der Waals surface area contributed by atoms with Crippen LogP contribution < -0.4 is 15.0 Å². The molecule has 1 saturated carbocycles. The standard InChI is InChI=1S/C49H64N4O9S/c1-7-45(58)25-30-26-48(44(57)61-5,34-22-31-12-9-10-13-32(31)33(34)14-18-52(28-30)29-45)36-23-35-37(24-38(36)60-4)51(3)41-47(35)16-19-53-17-11-15-46(8-2,40(47)53)42(55)49(41,59)43(56)50-27-39(54)62-20-21-63-6/h9-13,15,23-24,30,40-42,55,58-59H,7-8,14,16-22,25-29H2,1-6H3,(H,50,56)/t30?,40-,41+,42+,45-,46+,47+,48+,49-/m0/s1. The van der Waals surface area contributed by atoms with E-state index in [1.165, 1.54) is 18.9 Å². The molecule has 2 saturated heterocycles. The molecule has 0 radical (unpaired) electrons. The SMILES string of the molecule is CC[C@]1(O)CC2CN(CCC3=C(Cc4ccccc43)[C@@](C(=O)OC)(c3cc4c(cc3OC)N(C)[C@H]3[C@@](O)(C(=O)NCC(=O)OCCSC)[C@H](O)[C@]5(CC)C=CCN6CC[C@]43[C@@H]65)C2)C1. The first-order valence-electron chi connectivity index (χ1n) is 22.8. The van der Waals surface area contributed by atoms with Crippen LogP contribution in [0.5, 0.6) is 5.75 Å². The van der Waals surface area contributed by atoms with Gasteiger partial charge in [0.15, 0.2) is 5.60 Å². The molecule has 5 heterocycles. The Bertz CT molecular complexity index is 2250. The van der Waals surface area contributed by atoms with Crippen molar-refractivity contribution in [3.05, 3.63) is 76.4 Å². The molecular formula is C49H64N4O9S. The van der Waals surface area contributed by atoms with E-state index in [-0.39, 0.29) is 18.6 Å². The number of anilines is 1. The maximum Gasteiger partial charge on any atom is 0.325 e. The molecule has 2 aromatic rings. The molecule has 4 N–H and O–H groups in total. The first-order chi connectivity index (χ1) is 30.2. The summed E-state index contributed by atoms with van der Waals surface area (Å²) in [4.78, 5) is 49.8. The van der Waals surface area contributed by atoms with Crippen molar-refractivity contribution < 1.29 is 43.9 Å². The molecule has 7 aliphatic rings. The van der Waals surface area contributed by atoms with E-state index in [2.05, 4.69) is 39.4 Å². The Balaban J connectivity index is 1.27. The summed E-state index contributed by atoms with van der Waals surface area (Å²) in [5.41, 5.74) is -0.00631. The maximum absolute atomic E-state index is 15.4. The number of methoxy groups -OCH3 is 2. The first kappa shape index (κ1) is 44.3. The fourth-order valence-electron chi connectivity index (χ4n) is 14.0. The van der Waals surface area contributed by atoms with Gasteiger partial charge in [-0.15, -0.1) is 0 Å². The highest BCUT2D eigenvalue weighted by Gasteiger charge is 2.78. The first-order valence-corrected chi connectivity index (χ1v) is 24.2. The van der Waals surface area contributed by atoms with Crippen LogP contribution >= 0.6 is 11.8 Å². The Morgan fingerprint density at radius 3 is 2.54 bits per heavy atom. The van der Waals surface area contributed by atoms with Crippen LogP contribution in [-0.2, 0) is 41.1 Å². The van der Waals surface area contributed by atoms with E-state index in [0.717, 1.165) is 46.6 Å². The van der Waals surface area contributed by atoms with Gasteiger partial charge in [0.1, 0.15) is 30.4 Å². The summed E-state index contributed by atoms with van der Waals surface area (Å²) in [5, 5.41) is 40.8. The molecule has 14 heteroatoms. The van der Waals surface area contributed by atoms with Gasteiger partial charge in [0.05, 0.1) is 25.9 Å². The van der Waals surface area contributed by atoms with E-state index in [4.69, 9.17) is 14.2 Å². The smallest absolute Gasteiger partial charge is 0.325 e. The van der Waals surface area contributed by atoms with Gasteiger partial charge in [-0.2, -0.15) is 11.8 Å². The number of benzene rings is 2. The zero-order valence-corrected chi connectivity index (χ0v) is 38.4. The third-order valence-corrected chi connectivity index (χ3v) is 17.1. The molecular weight excluding hydrogens is 821 g/mol. The molecule has 0 aromatic heterocycles. The summed E-state index contributed by atoms with van der Waals surface area (Å²) in [6.45, 7) is 7.06. The molecule has 1 amide bonds. The van der Waals surface area contributed by atoms with Crippen LogP contribution in [0, 0.1) is 11.3 Å². The second kappa shape index (κ2) is 16.2. The van der Waals surface area contributed by atoms with Gasteiger partial charge in [0, 0.05) is 73.2 Å². The molecule has 2 aromatic carbocycles. The molecule has 1 spiro atoms. The summed E-state index contributed by atoms with van der Waals surface area (Å²) < 4.78 is 17.7. The predicted octanol–water partition coefficient (Wildman–Crippen LogP) is 3.60. The van der Waals surface area contributed by atoms with Crippen LogP contribution in [0.25, 0.3) is 5.57 Å². The van der Waals surface area contributed by atoms with E-state index in [1.807, 2.05) is 56.3 Å². The van der Waals surface area contributed by atoms with Gasteiger partial charge in [-0.25, -0.2) is 0 Å². The number of carbonyl (C=O) groups is 3. The van der Waals surface area contributed by atoms with E-state index in [1.54, 1.807) is 7.11 Å². The van der Waals surface area contributed by atoms with Gasteiger partial charge in [-0.05, 0) is 97.6 Å². The van der Waals surface area contributed by atoms with Crippen molar-refractivity contribution in [2.75, 3.05) is 84.1 Å². The zero-order valence-electron chi connectivity index (χ0n) is 37.6. The second-order valence-corrected chi connectivity index (χ2v) is 20.3. The number of nitrogens with zero attached hydrogens (tertiary/aromatic N) is 3. The van der Waals surface area contributed by atoms with Gasteiger partial charge >= 0.3 is 11.9 Å². The van der Waals surface area contributed by atoms with E-state index in [9.17, 15) is 24.9 Å². The molecule has 2 unspecified atom stereocenters. The number of likely N-dealkylation sites (N-methyl/N-ethyl adjacent to an activating group) is 1. The number of rotatable bonds is 11. The molecule has 13 nitrogen and oxygen atoms in total. The van der Waals surface area contributed by atoms with Crippen molar-refractivity contribution in [3.63, 3.8) is 0 Å². The lowest BCUT2D eigenvalue weighted by Gasteiger charge is -2.63. The second-order valence-electron chi connectivity index (χ2n) is 19.3. The number of aliphatic hydroxyl groups excluding tert-OH is 1. The van der Waals surface area contributed by atoms with Crippen LogP contribution in [0.15, 0.2) is 54.1 Å². The highest BCUT2D eigenvalue weighted by molar-refractivity contribution is 7.98. The average molecular weight is 885 g/mol. The minimum atomic E-state index is -2.40. The quantitative estimate of drug-likeness (QED) is 0.148. The normalized spacial score (nSPS) is 36.2. The number of hydrogen-bond acceptors (Lipinski definition) is 13. The van der Waals surface area contributed by atoms with Gasteiger partial charge in [0.2, 0.25) is 0 Å². The molecule has 9 rings (SSSR count). The lowest BCUT2D eigenvalue weighted by atomic mass is 9.47. The summed E-state index contributed by atoms with van der Waals surface area (Å²) in [7, 11) is 4.92. The third-order valence-electron chi connectivity index (χ3n) is 16.5. The van der Waals surface area contributed by atoms with Crippen molar-refractivity contribution in [1.29, 1.82) is 0 Å². The Labute approximate surface area is 375 Å². The fraction of sp³-hybridized carbons (Fsp3) is 0.612. The Kier molecular flexibility index (Phi) is 11.4. The molecule has 3 fully saturated rings. The lowest BCUT2D eigenvalue weighted by Crippen LogP contribution is -2.81. The number of amides is 1. The number of thioether (sulfide) groups is 1. The number of fused-ring (bicyclic) bond motifs is 5. The Morgan fingerprint density at radius 1 is 1.02 bits per heavy atom. The van der Waals surface area contributed by atoms with Crippen molar-refractivity contribution in [3.8, 4) is 5.75 Å². The largest absolute Gasteiger partial charge is 0.496 e. The van der Waals surface area contributed by atoms with E-state index >= 15 is 4.79 Å². The number of aliphatic hydroxyl groups is 3. The van der Waals surface area contributed by atoms with Crippen molar-refractivity contribution in [2.24, 2.45) is 11.3 Å².